The highest BCUT2D eigenvalue weighted by atomic mass is 16.3. The maximum absolute atomic E-state index is 12.0. The van der Waals surface area contributed by atoms with Crippen LogP contribution in [0.2, 0.25) is 0 Å². The molecule has 7 nitrogen and oxygen atoms in total. The largest absolute Gasteiger partial charge is 0.459 e. The summed E-state index contributed by atoms with van der Waals surface area (Å²) in [5, 5.41) is 6.17. The lowest BCUT2D eigenvalue weighted by atomic mass is 10.2. The second-order valence-electron chi connectivity index (χ2n) is 6.24. The monoisotopic (exact) mass is 359 g/mol. The molecule has 0 atom stereocenters. The first kappa shape index (κ1) is 19.6. The number of aryl methyl sites for hydroxylation is 2. The number of carbonyl (C=O) groups is 1. The fraction of sp³-hybridized carbons (Fsp3) is 0.474. The molecule has 2 rings (SSSR count). The molecule has 0 spiro atoms. The van der Waals surface area contributed by atoms with E-state index >= 15 is 0 Å². The first-order chi connectivity index (χ1) is 12.5. The van der Waals surface area contributed by atoms with Crippen LogP contribution in [0.1, 0.15) is 35.2 Å². The molecule has 1 amide bonds. The summed E-state index contributed by atoms with van der Waals surface area (Å²) in [6.45, 7) is 6.70. The van der Waals surface area contributed by atoms with Crippen LogP contribution >= 0.6 is 0 Å². The standard InChI is InChI=1S/C19H29N5O2/c1-5-20-19(24(4)14-16-8-6-12-23(16)3)22-11-7-10-21-18(25)17-15(2)9-13-26-17/h6,8-9,12-13H,5,7,10-11,14H2,1-4H3,(H,20,22)(H,21,25). The van der Waals surface area contributed by atoms with Gasteiger partial charge in [-0.3, -0.25) is 9.79 Å². The second kappa shape index (κ2) is 9.70. The van der Waals surface area contributed by atoms with E-state index < -0.39 is 0 Å². The molecule has 0 unspecified atom stereocenters. The van der Waals surface area contributed by atoms with E-state index in [1.807, 2.05) is 33.3 Å². The minimum Gasteiger partial charge on any atom is -0.459 e. The van der Waals surface area contributed by atoms with Gasteiger partial charge in [0, 0.05) is 51.2 Å². The molecule has 142 valence electrons. The van der Waals surface area contributed by atoms with Crippen LogP contribution in [0.5, 0.6) is 0 Å². The highest BCUT2D eigenvalue weighted by Gasteiger charge is 2.11. The third-order valence-corrected chi connectivity index (χ3v) is 4.10. The molecule has 0 fully saturated rings. The molecule has 2 aromatic rings. The van der Waals surface area contributed by atoms with Gasteiger partial charge in [-0.15, -0.1) is 0 Å². The number of hydrogen-bond donors (Lipinski definition) is 2. The predicted molar refractivity (Wildman–Crippen MR) is 103 cm³/mol. The first-order valence-electron chi connectivity index (χ1n) is 8.94. The zero-order valence-electron chi connectivity index (χ0n) is 16.1. The fourth-order valence-electron chi connectivity index (χ4n) is 2.60. The van der Waals surface area contributed by atoms with Crippen molar-refractivity contribution in [2.45, 2.75) is 26.8 Å². The van der Waals surface area contributed by atoms with Gasteiger partial charge in [0.15, 0.2) is 11.7 Å². The van der Waals surface area contributed by atoms with Crippen LogP contribution in [0.4, 0.5) is 0 Å². The molecule has 0 bridgehead atoms. The van der Waals surface area contributed by atoms with Crippen molar-refractivity contribution in [3.05, 3.63) is 47.7 Å². The summed E-state index contributed by atoms with van der Waals surface area (Å²) in [5.41, 5.74) is 2.07. The number of aliphatic imine (C=N–C) groups is 1. The Hall–Kier alpha value is -2.70. The van der Waals surface area contributed by atoms with E-state index in [0.717, 1.165) is 31.0 Å². The number of hydrogen-bond acceptors (Lipinski definition) is 3. The molecular weight excluding hydrogens is 330 g/mol. The van der Waals surface area contributed by atoms with Gasteiger partial charge in [-0.25, -0.2) is 0 Å². The zero-order valence-corrected chi connectivity index (χ0v) is 16.1. The van der Waals surface area contributed by atoms with Crippen LogP contribution in [0, 0.1) is 6.92 Å². The third kappa shape index (κ3) is 5.40. The average Bonchev–Trinajstić information content (AvgIpc) is 3.22. The van der Waals surface area contributed by atoms with Gasteiger partial charge in [0.1, 0.15) is 0 Å². The summed E-state index contributed by atoms with van der Waals surface area (Å²) in [4.78, 5) is 18.7. The van der Waals surface area contributed by atoms with E-state index in [-0.39, 0.29) is 5.91 Å². The summed E-state index contributed by atoms with van der Waals surface area (Å²) in [5.74, 6) is 1.07. The molecule has 0 saturated carbocycles. The highest BCUT2D eigenvalue weighted by Crippen LogP contribution is 2.08. The highest BCUT2D eigenvalue weighted by molar-refractivity contribution is 5.92. The molecule has 2 heterocycles. The van der Waals surface area contributed by atoms with Crippen LogP contribution in [-0.2, 0) is 13.6 Å². The number of rotatable bonds is 8. The van der Waals surface area contributed by atoms with Crippen molar-refractivity contribution in [3.8, 4) is 0 Å². The number of amides is 1. The van der Waals surface area contributed by atoms with E-state index in [1.54, 1.807) is 6.07 Å². The summed E-state index contributed by atoms with van der Waals surface area (Å²) in [7, 11) is 4.06. The molecule has 0 radical (unpaired) electrons. The van der Waals surface area contributed by atoms with Gasteiger partial charge in [0.2, 0.25) is 0 Å². The average molecular weight is 359 g/mol. The molecule has 2 N–H and O–H groups in total. The van der Waals surface area contributed by atoms with Crippen molar-refractivity contribution >= 4 is 11.9 Å². The van der Waals surface area contributed by atoms with E-state index in [0.29, 0.717) is 18.8 Å². The topological polar surface area (TPSA) is 74.8 Å². The molecule has 7 heteroatoms. The van der Waals surface area contributed by atoms with Crippen molar-refractivity contribution in [2.75, 3.05) is 26.7 Å². The molecule has 0 aromatic carbocycles. The van der Waals surface area contributed by atoms with Crippen molar-refractivity contribution < 1.29 is 9.21 Å². The van der Waals surface area contributed by atoms with Gasteiger partial charge in [-0.05, 0) is 38.5 Å². The maximum Gasteiger partial charge on any atom is 0.287 e. The Morgan fingerprint density at radius 1 is 1.35 bits per heavy atom. The van der Waals surface area contributed by atoms with E-state index in [4.69, 9.17) is 4.42 Å². The van der Waals surface area contributed by atoms with Crippen LogP contribution < -0.4 is 10.6 Å². The molecule has 0 aliphatic carbocycles. The van der Waals surface area contributed by atoms with Crippen LogP contribution in [0.3, 0.4) is 0 Å². The Morgan fingerprint density at radius 2 is 2.15 bits per heavy atom. The Kier molecular flexibility index (Phi) is 7.32. The van der Waals surface area contributed by atoms with Crippen molar-refractivity contribution in [1.82, 2.24) is 20.1 Å². The van der Waals surface area contributed by atoms with Gasteiger partial charge >= 0.3 is 0 Å². The SMILES string of the molecule is CCNC(=NCCCNC(=O)c1occc1C)N(C)Cc1cccn1C. The molecule has 26 heavy (non-hydrogen) atoms. The van der Waals surface area contributed by atoms with Gasteiger partial charge in [0.05, 0.1) is 12.8 Å². The molecule has 0 aliphatic heterocycles. The first-order valence-corrected chi connectivity index (χ1v) is 8.94. The fourth-order valence-corrected chi connectivity index (χ4v) is 2.60. The van der Waals surface area contributed by atoms with Crippen LogP contribution in [0.15, 0.2) is 40.1 Å². The van der Waals surface area contributed by atoms with Crippen molar-refractivity contribution in [1.29, 1.82) is 0 Å². The van der Waals surface area contributed by atoms with Crippen LogP contribution in [0.25, 0.3) is 0 Å². The Bertz CT molecular complexity index is 732. The van der Waals surface area contributed by atoms with Crippen LogP contribution in [-0.4, -0.2) is 48.0 Å². The molecular formula is C19H29N5O2. The number of nitrogens with zero attached hydrogens (tertiary/aromatic N) is 3. The number of aromatic nitrogens is 1. The lowest BCUT2D eigenvalue weighted by Crippen LogP contribution is -2.39. The predicted octanol–water partition coefficient (Wildman–Crippen LogP) is 2.14. The number of nitrogens with one attached hydrogen (secondary N) is 2. The second-order valence-corrected chi connectivity index (χ2v) is 6.24. The summed E-state index contributed by atoms with van der Waals surface area (Å²) < 4.78 is 7.29. The summed E-state index contributed by atoms with van der Waals surface area (Å²) in [6, 6.07) is 5.92. The van der Waals surface area contributed by atoms with Gasteiger partial charge in [-0.1, -0.05) is 0 Å². The molecule has 0 aliphatic rings. The molecule has 2 aromatic heterocycles. The number of guanidine groups is 1. The zero-order chi connectivity index (χ0) is 18.9. The lowest BCUT2D eigenvalue weighted by Gasteiger charge is -2.22. The van der Waals surface area contributed by atoms with Crippen molar-refractivity contribution in [3.63, 3.8) is 0 Å². The van der Waals surface area contributed by atoms with E-state index in [1.165, 1.54) is 12.0 Å². The third-order valence-electron chi connectivity index (χ3n) is 4.10. The Labute approximate surface area is 155 Å². The minimum absolute atomic E-state index is 0.177. The van der Waals surface area contributed by atoms with E-state index in [9.17, 15) is 4.79 Å². The van der Waals surface area contributed by atoms with Gasteiger partial charge in [-0.2, -0.15) is 0 Å². The Morgan fingerprint density at radius 3 is 2.77 bits per heavy atom. The smallest absolute Gasteiger partial charge is 0.287 e. The number of carbonyl (C=O) groups excluding carboxylic acids is 1. The van der Waals surface area contributed by atoms with Gasteiger partial charge in [0.25, 0.3) is 5.91 Å². The van der Waals surface area contributed by atoms with Gasteiger partial charge < -0.3 is 24.5 Å². The van der Waals surface area contributed by atoms with Crippen molar-refractivity contribution in [2.24, 2.45) is 12.0 Å². The quantitative estimate of drug-likeness (QED) is 0.430. The molecule has 0 saturated heterocycles. The minimum atomic E-state index is -0.177. The summed E-state index contributed by atoms with van der Waals surface area (Å²) >= 11 is 0. The number of furan rings is 1. The maximum atomic E-state index is 12.0. The Balaban J connectivity index is 1.80. The van der Waals surface area contributed by atoms with E-state index in [2.05, 4.69) is 38.1 Å². The summed E-state index contributed by atoms with van der Waals surface area (Å²) in [6.07, 6.45) is 4.33. The lowest BCUT2D eigenvalue weighted by molar-refractivity contribution is 0.0925. The normalized spacial score (nSPS) is 11.5.